The van der Waals surface area contributed by atoms with Crippen LogP contribution in [-0.2, 0) is 9.47 Å². The van der Waals surface area contributed by atoms with Crippen molar-refractivity contribution in [3.63, 3.8) is 0 Å². The highest BCUT2D eigenvalue weighted by Gasteiger charge is 2.44. The monoisotopic (exact) mass is 634 g/mol. The van der Waals surface area contributed by atoms with Crippen LogP contribution in [0.2, 0.25) is 0 Å². The predicted octanol–water partition coefficient (Wildman–Crippen LogP) is 3.64. The normalized spacial score (nSPS) is 24.1. The molecule has 2 amide bonds. The first kappa shape index (κ1) is 41.0. The van der Waals surface area contributed by atoms with Gasteiger partial charge in [-0.3, -0.25) is 0 Å². The molecule has 262 valence electrons. The Kier molecular flexibility index (Phi) is 24.3. The molecule has 0 aromatic carbocycles. The number of aliphatic hydroxyl groups excluding tert-OH is 6. The van der Waals surface area contributed by atoms with Crippen molar-refractivity contribution in [1.82, 2.24) is 10.6 Å². The molecule has 0 aliphatic carbocycles. The summed E-state index contributed by atoms with van der Waals surface area (Å²) in [6.45, 7) is 3.91. The number of aliphatic hydroxyl groups is 6. The predicted molar refractivity (Wildman–Crippen MR) is 171 cm³/mol. The zero-order valence-corrected chi connectivity index (χ0v) is 27.6. The van der Waals surface area contributed by atoms with Gasteiger partial charge in [0.05, 0.1) is 25.4 Å². The van der Waals surface area contributed by atoms with Crippen molar-refractivity contribution in [3.05, 3.63) is 0 Å². The smallest absolute Gasteiger partial charge is 0.315 e. The first-order valence-electron chi connectivity index (χ1n) is 17.6. The molecule has 1 heterocycles. The van der Waals surface area contributed by atoms with Gasteiger partial charge in [-0.1, -0.05) is 123 Å². The summed E-state index contributed by atoms with van der Waals surface area (Å²) in [6, 6.07) is -1.56. The molecular formula is C33H66N2O9. The van der Waals surface area contributed by atoms with Crippen LogP contribution in [0.15, 0.2) is 0 Å². The van der Waals surface area contributed by atoms with Crippen LogP contribution in [0.5, 0.6) is 0 Å². The van der Waals surface area contributed by atoms with E-state index in [-0.39, 0.29) is 6.61 Å². The van der Waals surface area contributed by atoms with Crippen molar-refractivity contribution >= 4 is 6.03 Å². The Morgan fingerprint density at radius 2 is 1.23 bits per heavy atom. The SMILES string of the molecule is CCCCCCCCCCCCCC[C@@H](O)[C@@H](O)[C@H](CO[C@H]1O[C@H](CO)[C@H](O)[C@H](O)[C@H]1O)NC(=O)NCCCCCCCC. The van der Waals surface area contributed by atoms with E-state index in [0.29, 0.717) is 13.0 Å². The lowest BCUT2D eigenvalue weighted by atomic mass is 9.98. The maximum atomic E-state index is 12.6. The molecule has 1 fully saturated rings. The fourth-order valence-electron chi connectivity index (χ4n) is 5.59. The van der Waals surface area contributed by atoms with E-state index in [9.17, 15) is 35.4 Å². The van der Waals surface area contributed by atoms with Gasteiger partial charge in [0.15, 0.2) is 6.29 Å². The van der Waals surface area contributed by atoms with Crippen molar-refractivity contribution in [2.45, 2.75) is 185 Å². The third-order valence-electron chi connectivity index (χ3n) is 8.58. The summed E-state index contributed by atoms with van der Waals surface area (Å²) in [7, 11) is 0. The molecule has 44 heavy (non-hydrogen) atoms. The molecule has 1 rings (SSSR count). The second-order valence-electron chi connectivity index (χ2n) is 12.5. The minimum Gasteiger partial charge on any atom is -0.394 e. The topological polar surface area (TPSA) is 181 Å². The lowest BCUT2D eigenvalue weighted by Gasteiger charge is -2.40. The molecule has 8 N–H and O–H groups in total. The molecule has 0 bridgehead atoms. The van der Waals surface area contributed by atoms with Crippen LogP contribution in [0.3, 0.4) is 0 Å². The van der Waals surface area contributed by atoms with Gasteiger partial charge in [0.25, 0.3) is 0 Å². The van der Waals surface area contributed by atoms with E-state index in [0.717, 1.165) is 44.9 Å². The van der Waals surface area contributed by atoms with Gasteiger partial charge in [-0.25, -0.2) is 4.79 Å². The molecule has 0 aromatic rings. The highest BCUT2D eigenvalue weighted by molar-refractivity contribution is 5.74. The summed E-state index contributed by atoms with van der Waals surface area (Å²) in [5.74, 6) is 0. The summed E-state index contributed by atoms with van der Waals surface area (Å²) in [6.07, 6.45) is 11.3. The van der Waals surface area contributed by atoms with E-state index < -0.39 is 61.6 Å². The van der Waals surface area contributed by atoms with Crippen LogP contribution in [0.25, 0.3) is 0 Å². The summed E-state index contributed by atoms with van der Waals surface area (Å²) in [5, 5.41) is 67.0. The number of amides is 2. The number of urea groups is 1. The fraction of sp³-hybridized carbons (Fsp3) is 0.970. The van der Waals surface area contributed by atoms with E-state index >= 15 is 0 Å². The average Bonchev–Trinajstić information content (AvgIpc) is 3.02. The maximum Gasteiger partial charge on any atom is 0.315 e. The summed E-state index contributed by atoms with van der Waals surface area (Å²) < 4.78 is 11.0. The molecule has 0 aromatic heterocycles. The molecule has 11 heteroatoms. The first-order valence-corrected chi connectivity index (χ1v) is 17.6. The number of rotatable bonds is 27. The van der Waals surface area contributed by atoms with Gasteiger partial charge in [0, 0.05) is 6.54 Å². The number of nitrogens with one attached hydrogen (secondary N) is 2. The Balaban J connectivity index is 2.53. The van der Waals surface area contributed by atoms with Gasteiger partial charge >= 0.3 is 6.03 Å². The summed E-state index contributed by atoms with van der Waals surface area (Å²) in [4.78, 5) is 12.6. The van der Waals surface area contributed by atoms with Crippen LogP contribution < -0.4 is 10.6 Å². The molecule has 0 spiro atoms. The van der Waals surface area contributed by atoms with E-state index in [2.05, 4.69) is 24.5 Å². The number of ether oxygens (including phenoxy) is 2. The molecule has 11 nitrogen and oxygen atoms in total. The van der Waals surface area contributed by atoms with Gasteiger partial charge in [-0.05, 0) is 12.8 Å². The number of unbranched alkanes of at least 4 members (excludes halogenated alkanes) is 16. The van der Waals surface area contributed by atoms with E-state index in [1.54, 1.807) is 0 Å². The lowest BCUT2D eigenvalue weighted by Crippen LogP contribution is -2.60. The quantitative estimate of drug-likeness (QED) is 0.0626. The van der Waals surface area contributed by atoms with Gasteiger partial charge in [0.2, 0.25) is 0 Å². The lowest BCUT2D eigenvalue weighted by molar-refractivity contribution is -0.303. The second kappa shape index (κ2) is 26.1. The van der Waals surface area contributed by atoms with Crippen molar-refractivity contribution in [1.29, 1.82) is 0 Å². The largest absolute Gasteiger partial charge is 0.394 e. The van der Waals surface area contributed by atoms with Crippen LogP contribution in [0, 0.1) is 0 Å². The Hall–Kier alpha value is -1.05. The van der Waals surface area contributed by atoms with Crippen molar-refractivity contribution in [2.24, 2.45) is 0 Å². The molecule has 0 saturated carbocycles. The van der Waals surface area contributed by atoms with Gasteiger partial charge in [-0.2, -0.15) is 0 Å². The Morgan fingerprint density at radius 3 is 1.75 bits per heavy atom. The number of hydrogen-bond donors (Lipinski definition) is 8. The van der Waals surface area contributed by atoms with Gasteiger partial charge in [0.1, 0.15) is 30.5 Å². The minimum atomic E-state index is -1.61. The van der Waals surface area contributed by atoms with E-state index in [1.165, 1.54) is 70.6 Å². The zero-order valence-electron chi connectivity index (χ0n) is 27.6. The standard InChI is InChI=1S/C33H66N2O9/c1-3-5-7-9-11-12-13-14-15-16-17-19-21-26(37)28(38)25(35-33(42)34-22-20-18-10-8-6-4-2)24-43-32-31(41)30(40)29(39)27(23-36)44-32/h25-32,36-41H,3-24H2,1-2H3,(H2,34,35,42)/t25-,26+,27+,28-,29-,30-,31+,32-/m0/s1. The molecule has 0 radical (unpaired) electrons. The Bertz CT molecular complexity index is 688. The highest BCUT2D eigenvalue weighted by Crippen LogP contribution is 2.23. The Labute approximate surface area is 266 Å². The third kappa shape index (κ3) is 17.6. The van der Waals surface area contributed by atoms with E-state index in [1.807, 2.05) is 0 Å². The molecule has 1 saturated heterocycles. The minimum absolute atomic E-state index is 0.343. The van der Waals surface area contributed by atoms with Gasteiger partial charge in [-0.15, -0.1) is 0 Å². The molecule has 1 aliphatic rings. The summed E-state index contributed by atoms with van der Waals surface area (Å²) >= 11 is 0. The third-order valence-corrected chi connectivity index (χ3v) is 8.58. The molecule has 8 atom stereocenters. The number of carbonyl (C=O) groups is 1. The van der Waals surface area contributed by atoms with Crippen LogP contribution in [0.1, 0.15) is 136 Å². The van der Waals surface area contributed by atoms with Crippen molar-refractivity contribution < 1.29 is 44.9 Å². The molecule has 0 unspecified atom stereocenters. The van der Waals surface area contributed by atoms with Crippen LogP contribution >= 0.6 is 0 Å². The Morgan fingerprint density at radius 1 is 0.727 bits per heavy atom. The van der Waals surface area contributed by atoms with Gasteiger partial charge < -0.3 is 50.7 Å². The maximum absolute atomic E-state index is 12.6. The van der Waals surface area contributed by atoms with Crippen molar-refractivity contribution in [2.75, 3.05) is 19.8 Å². The van der Waals surface area contributed by atoms with Crippen LogP contribution in [0.4, 0.5) is 4.79 Å². The number of hydrogen-bond acceptors (Lipinski definition) is 9. The number of carbonyl (C=O) groups excluding carboxylic acids is 1. The average molecular weight is 635 g/mol. The zero-order chi connectivity index (χ0) is 32.6. The second-order valence-corrected chi connectivity index (χ2v) is 12.5. The van der Waals surface area contributed by atoms with Crippen molar-refractivity contribution in [3.8, 4) is 0 Å². The molecular weight excluding hydrogens is 568 g/mol. The first-order chi connectivity index (χ1) is 21.3. The van der Waals surface area contributed by atoms with E-state index in [4.69, 9.17) is 9.47 Å². The summed E-state index contributed by atoms with van der Waals surface area (Å²) in [5.41, 5.74) is 0. The fourth-order valence-corrected chi connectivity index (χ4v) is 5.59. The molecule has 1 aliphatic heterocycles. The highest BCUT2D eigenvalue weighted by atomic mass is 16.7. The van der Waals surface area contributed by atoms with Crippen LogP contribution in [-0.4, -0.2) is 105 Å².